The largest absolute Gasteiger partial charge is 0.310 e. The van der Waals surface area contributed by atoms with Gasteiger partial charge in [-0.25, -0.2) is 0 Å². The Bertz CT molecular complexity index is 3960. The molecule has 0 saturated heterocycles. The molecule has 0 aliphatic heterocycles. The van der Waals surface area contributed by atoms with Gasteiger partial charge in [0, 0.05) is 23.0 Å². The van der Waals surface area contributed by atoms with E-state index in [0.29, 0.717) is 11.8 Å². The number of benzene rings is 10. The summed E-state index contributed by atoms with van der Waals surface area (Å²) in [6, 6.07) is 82.4. The Balaban J connectivity index is 0.951. The number of hydrogen-bond acceptors (Lipinski definition) is 1. The van der Waals surface area contributed by atoms with E-state index in [2.05, 4.69) is 280 Å². The Hall–Kier alpha value is -8.52. The maximum absolute atomic E-state index is 2.51. The van der Waals surface area contributed by atoms with E-state index in [1.54, 1.807) is 0 Å². The Morgan fingerprint density at radius 1 is 0.438 bits per heavy atom. The average molecular weight is 934 g/mol. The van der Waals surface area contributed by atoms with Crippen molar-refractivity contribution in [3.05, 3.63) is 294 Å². The summed E-state index contributed by atoms with van der Waals surface area (Å²) < 4.78 is 0. The van der Waals surface area contributed by atoms with Crippen LogP contribution in [0.2, 0.25) is 0 Å². The molecule has 0 heterocycles. The first kappa shape index (κ1) is 43.3. The third kappa shape index (κ3) is 6.83. The molecule has 10 aromatic carbocycles. The molecule has 4 aliphatic rings. The van der Waals surface area contributed by atoms with Crippen molar-refractivity contribution in [3.63, 3.8) is 0 Å². The van der Waals surface area contributed by atoms with Gasteiger partial charge in [-0.1, -0.05) is 232 Å². The molecule has 3 atom stereocenters. The summed E-state index contributed by atoms with van der Waals surface area (Å²) in [4.78, 5) is 2.49. The fourth-order valence-electron chi connectivity index (χ4n) is 13.4. The molecule has 0 amide bonds. The Kier molecular flexibility index (Phi) is 10.1. The molecule has 0 saturated carbocycles. The molecule has 4 aliphatic carbocycles. The van der Waals surface area contributed by atoms with E-state index in [4.69, 9.17) is 0 Å². The fourth-order valence-corrected chi connectivity index (χ4v) is 13.4. The Morgan fingerprint density at radius 2 is 1.12 bits per heavy atom. The predicted octanol–water partition coefficient (Wildman–Crippen LogP) is 19.2. The standard InChI is InChI=1S/C72H55N/c1-71(2)66-30-15-13-28-62(66)64-42-37-53(46-68(64)71)52-21-17-26-58(45-52)73(59-40-43-65-63-29-14-16-31-67(63)72(69(65)47-59,55-22-5-3-6-23-55)56-24-7-4-8-25-56)57-38-34-50(35-39-57)61-41-36-49-19-11-12-27-60(49)70(61)54-33-32-48-18-9-10-20-51(48)44-54/h3,5-7,9-47,62,66H,4,8H2,1-2H3. The highest BCUT2D eigenvalue weighted by Crippen LogP contribution is 2.59. The van der Waals surface area contributed by atoms with E-state index >= 15 is 0 Å². The lowest BCUT2D eigenvalue weighted by molar-refractivity contribution is 0.394. The van der Waals surface area contributed by atoms with Gasteiger partial charge in [-0.05, 0) is 166 Å². The van der Waals surface area contributed by atoms with Crippen LogP contribution in [-0.2, 0) is 10.8 Å². The maximum atomic E-state index is 2.51. The van der Waals surface area contributed by atoms with Gasteiger partial charge in [-0.3, -0.25) is 0 Å². The topological polar surface area (TPSA) is 3.24 Å². The first-order valence-corrected chi connectivity index (χ1v) is 26.1. The van der Waals surface area contributed by atoms with Gasteiger partial charge in [-0.15, -0.1) is 0 Å². The molecule has 0 aromatic heterocycles. The van der Waals surface area contributed by atoms with E-state index in [-0.39, 0.29) is 5.41 Å². The minimum absolute atomic E-state index is 0.0259. The van der Waals surface area contributed by atoms with Gasteiger partial charge in [-0.2, -0.15) is 0 Å². The lowest BCUT2D eigenvalue weighted by atomic mass is 9.66. The monoisotopic (exact) mass is 933 g/mol. The smallest absolute Gasteiger partial charge is 0.0711 e. The second-order valence-corrected chi connectivity index (χ2v) is 21.1. The molecule has 14 rings (SSSR count). The highest BCUT2D eigenvalue weighted by Gasteiger charge is 2.47. The van der Waals surface area contributed by atoms with Gasteiger partial charge in [0.15, 0.2) is 0 Å². The summed E-state index contributed by atoms with van der Waals surface area (Å²) >= 11 is 0. The van der Waals surface area contributed by atoms with Crippen molar-refractivity contribution in [1.82, 2.24) is 0 Å². The zero-order valence-electron chi connectivity index (χ0n) is 41.3. The van der Waals surface area contributed by atoms with Crippen LogP contribution in [0.3, 0.4) is 0 Å². The number of fused-ring (bicyclic) bond motifs is 8. The molecular formula is C72H55N. The molecule has 10 aromatic rings. The fraction of sp³-hybridized carbons (Fsp3) is 0.111. The predicted molar refractivity (Wildman–Crippen MR) is 308 cm³/mol. The highest BCUT2D eigenvalue weighted by atomic mass is 15.1. The van der Waals surface area contributed by atoms with E-state index < -0.39 is 5.41 Å². The summed E-state index contributed by atoms with van der Waals surface area (Å²) in [6.07, 6.45) is 18.6. The van der Waals surface area contributed by atoms with Crippen LogP contribution >= 0.6 is 0 Å². The lowest BCUT2D eigenvalue weighted by Crippen LogP contribution is -2.29. The summed E-state index contributed by atoms with van der Waals surface area (Å²) in [5.74, 6) is 0.876. The molecule has 0 spiro atoms. The summed E-state index contributed by atoms with van der Waals surface area (Å²) in [7, 11) is 0. The van der Waals surface area contributed by atoms with Crippen molar-refractivity contribution in [2.24, 2.45) is 5.92 Å². The number of allylic oxidation sites excluding steroid dienone is 8. The van der Waals surface area contributed by atoms with Crippen molar-refractivity contribution < 1.29 is 0 Å². The molecule has 1 nitrogen and oxygen atoms in total. The summed E-state index contributed by atoms with van der Waals surface area (Å²) in [5, 5.41) is 4.98. The van der Waals surface area contributed by atoms with Gasteiger partial charge in [0.2, 0.25) is 0 Å². The third-order valence-electron chi connectivity index (χ3n) is 16.8. The first-order chi connectivity index (χ1) is 35.9. The zero-order chi connectivity index (χ0) is 48.7. The molecule has 0 radical (unpaired) electrons. The van der Waals surface area contributed by atoms with Crippen LogP contribution in [0.15, 0.2) is 266 Å². The molecule has 0 fully saturated rings. The second-order valence-electron chi connectivity index (χ2n) is 21.1. The molecule has 348 valence electrons. The van der Waals surface area contributed by atoms with Crippen LogP contribution in [0.4, 0.5) is 17.1 Å². The van der Waals surface area contributed by atoms with Gasteiger partial charge < -0.3 is 4.90 Å². The van der Waals surface area contributed by atoms with E-state index in [9.17, 15) is 0 Å². The van der Waals surface area contributed by atoms with Gasteiger partial charge in [0.25, 0.3) is 0 Å². The maximum Gasteiger partial charge on any atom is 0.0711 e. The van der Waals surface area contributed by atoms with Crippen LogP contribution in [0.1, 0.15) is 60.4 Å². The number of anilines is 3. The Morgan fingerprint density at radius 3 is 1.99 bits per heavy atom. The third-order valence-corrected chi connectivity index (χ3v) is 16.8. The number of nitrogens with zero attached hydrogens (tertiary/aromatic N) is 1. The van der Waals surface area contributed by atoms with Crippen molar-refractivity contribution in [2.45, 2.75) is 43.4 Å². The van der Waals surface area contributed by atoms with Gasteiger partial charge in [0.05, 0.1) is 5.41 Å². The van der Waals surface area contributed by atoms with Gasteiger partial charge >= 0.3 is 0 Å². The summed E-state index contributed by atoms with van der Waals surface area (Å²) in [6.45, 7) is 4.85. The Labute approximate surface area is 429 Å². The molecule has 0 N–H and O–H groups in total. The molecule has 73 heavy (non-hydrogen) atoms. The normalized spacial score (nSPS) is 18.8. The minimum atomic E-state index is -0.481. The first-order valence-electron chi connectivity index (χ1n) is 26.1. The van der Waals surface area contributed by atoms with Crippen molar-refractivity contribution in [1.29, 1.82) is 0 Å². The van der Waals surface area contributed by atoms with Crippen LogP contribution < -0.4 is 4.90 Å². The number of rotatable bonds is 8. The molecule has 3 unspecified atom stereocenters. The zero-order valence-corrected chi connectivity index (χ0v) is 41.3. The molecule has 0 bridgehead atoms. The second kappa shape index (κ2) is 17.1. The van der Waals surface area contributed by atoms with E-state index in [0.717, 1.165) is 29.9 Å². The quantitative estimate of drug-likeness (QED) is 0.147. The van der Waals surface area contributed by atoms with Crippen molar-refractivity contribution in [3.8, 4) is 44.5 Å². The average Bonchev–Trinajstić information content (AvgIpc) is 3.89. The van der Waals surface area contributed by atoms with Crippen molar-refractivity contribution in [2.75, 3.05) is 4.90 Å². The van der Waals surface area contributed by atoms with Crippen LogP contribution in [0.25, 0.3) is 66.1 Å². The van der Waals surface area contributed by atoms with E-state index in [1.165, 1.54) is 99.4 Å². The van der Waals surface area contributed by atoms with Crippen LogP contribution in [0.5, 0.6) is 0 Å². The van der Waals surface area contributed by atoms with Crippen LogP contribution in [0, 0.1) is 5.92 Å². The molecular weight excluding hydrogens is 879 g/mol. The SMILES string of the molecule is CC1(C)c2cc(-c3cccc(N(c4ccc(-c5ccc6ccccc6c5-c5ccc6ccccc6c5)cc4)c4ccc5c(c4)C(C4=CCCC=C4)(c4ccccc4)c4ccccc4-5)c3)ccc2C2C=CC=CC21. The van der Waals surface area contributed by atoms with Crippen molar-refractivity contribution >= 4 is 38.6 Å². The minimum Gasteiger partial charge on any atom is -0.310 e. The number of hydrogen-bond donors (Lipinski definition) is 0. The highest BCUT2D eigenvalue weighted by molar-refractivity contribution is 6.06. The summed E-state index contributed by atoms with van der Waals surface area (Å²) in [5.41, 5.74) is 21.0. The van der Waals surface area contributed by atoms with Crippen LogP contribution in [-0.4, -0.2) is 0 Å². The molecule has 1 heteroatoms. The van der Waals surface area contributed by atoms with Gasteiger partial charge in [0.1, 0.15) is 0 Å². The lowest BCUT2D eigenvalue weighted by Gasteiger charge is -2.36. The van der Waals surface area contributed by atoms with E-state index in [1.807, 2.05) is 0 Å².